The zero-order valence-corrected chi connectivity index (χ0v) is 7.99. The second-order valence-corrected chi connectivity index (χ2v) is 3.69. The molecular weight excluding hydrogens is 176 g/mol. The van der Waals surface area contributed by atoms with Crippen LogP contribution in [-0.4, -0.2) is 12.4 Å². The van der Waals surface area contributed by atoms with Gasteiger partial charge in [-0.2, -0.15) is 0 Å². The van der Waals surface area contributed by atoms with E-state index in [0.29, 0.717) is 0 Å². The number of ether oxygens (including phenoxy) is 1. The smallest absolute Gasteiger partial charge is 0.122 e. The Morgan fingerprint density at radius 3 is 2.50 bits per heavy atom. The summed E-state index contributed by atoms with van der Waals surface area (Å²) in [6, 6.07) is 7.34. The number of nitrogens with one attached hydrogen (secondary N) is 1. The SMILES string of the molecule is N=C(N)c1ccc(OCC2CC2)cc1. The molecule has 0 radical (unpaired) electrons. The van der Waals surface area contributed by atoms with E-state index >= 15 is 0 Å². The second kappa shape index (κ2) is 3.70. The Kier molecular flexibility index (Phi) is 2.39. The molecule has 0 saturated heterocycles. The van der Waals surface area contributed by atoms with E-state index in [1.165, 1.54) is 12.8 Å². The number of rotatable bonds is 4. The minimum atomic E-state index is 0.0961. The maximum absolute atomic E-state index is 7.22. The highest BCUT2D eigenvalue weighted by molar-refractivity contribution is 5.94. The van der Waals surface area contributed by atoms with E-state index in [9.17, 15) is 0 Å². The molecule has 0 bridgehead atoms. The van der Waals surface area contributed by atoms with Crippen molar-refractivity contribution in [1.82, 2.24) is 0 Å². The number of amidine groups is 1. The molecule has 1 aromatic rings. The van der Waals surface area contributed by atoms with Crippen molar-refractivity contribution in [3.63, 3.8) is 0 Å². The fraction of sp³-hybridized carbons (Fsp3) is 0.364. The second-order valence-electron chi connectivity index (χ2n) is 3.69. The zero-order chi connectivity index (χ0) is 9.97. The van der Waals surface area contributed by atoms with Gasteiger partial charge in [0, 0.05) is 5.56 Å². The zero-order valence-electron chi connectivity index (χ0n) is 7.99. The summed E-state index contributed by atoms with van der Waals surface area (Å²) in [5, 5.41) is 7.22. The van der Waals surface area contributed by atoms with Crippen molar-refractivity contribution in [2.45, 2.75) is 12.8 Å². The first-order valence-electron chi connectivity index (χ1n) is 4.83. The first kappa shape index (κ1) is 9.06. The lowest BCUT2D eigenvalue weighted by molar-refractivity contribution is 0.300. The van der Waals surface area contributed by atoms with Crippen LogP contribution >= 0.6 is 0 Å². The Bertz CT molecular complexity index is 328. The third-order valence-corrected chi connectivity index (χ3v) is 2.35. The summed E-state index contributed by atoms with van der Waals surface area (Å²) in [5.74, 6) is 1.73. The van der Waals surface area contributed by atoms with Gasteiger partial charge in [0.25, 0.3) is 0 Å². The molecule has 0 atom stereocenters. The molecule has 0 spiro atoms. The quantitative estimate of drug-likeness (QED) is 0.561. The minimum Gasteiger partial charge on any atom is -0.493 e. The molecule has 3 nitrogen and oxygen atoms in total. The van der Waals surface area contributed by atoms with Crippen molar-refractivity contribution < 1.29 is 4.74 Å². The molecule has 1 aliphatic carbocycles. The lowest BCUT2D eigenvalue weighted by Crippen LogP contribution is -2.10. The van der Waals surface area contributed by atoms with Gasteiger partial charge in [-0.15, -0.1) is 0 Å². The first-order chi connectivity index (χ1) is 6.75. The van der Waals surface area contributed by atoms with E-state index in [-0.39, 0.29) is 5.84 Å². The summed E-state index contributed by atoms with van der Waals surface area (Å²) < 4.78 is 5.55. The van der Waals surface area contributed by atoms with Gasteiger partial charge >= 0.3 is 0 Å². The fourth-order valence-corrected chi connectivity index (χ4v) is 1.23. The van der Waals surface area contributed by atoms with E-state index < -0.39 is 0 Å². The predicted molar refractivity (Wildman–Crippen MR) is 55.7 cm³/mol. The molecule has 1 fully saturated rings. The predicted octanol–water partition coefficient (Wildman–Crippen LogP) is 1.76. The van der Waals surface area contributed by atoms with Crippen molar-refractivity contribution in [3.8, 4) is 5.75 Å². The van der Waals surface area contributed by atoms with Crippen LogP contribution in [0.25, 0.3) is 0 Å². The van der Waals surface area contributed by atoms with Gasteiger partial charge in [0.05, 0.1) is 6.61 Å². The molecule has 1 aromatic carbocycles. The van der Waals surface area contributed by atoms with E-state index in [1.54, 1.807) is 0 Å². The third-order valence-electron chi connectivity index (χ3n) is 2.35. The Morgan fingerprint density at radius 1 is 1.36 bits per heavy atom. The number of nitrogens with two attached hydrogens (primary N) is 1. The highest BCUT2D eigenvalue weighted by atomic mass is 16.5. The number of nitrogen functional groups attached to an aromatic ring is 1. The van der Waals surface area contributed by atoms with Crippen LogP contribution in [0.3, 0.4) is 0 Å². The molecule has 14 heavy (non-hydrogen) atoms. The van der Waals surface area contributed by atoms with Crippen molar-refractivity contribution in [2.75, 3.05) is 6.61 Å². The van der Waals surface area contributed by atoms with Crippen LogP contribution in [0, 0.1) is 11.3 Å². The van der Waals surface area contributed by atoms with Gasteiger partial charge in [-0.05, 0) is 43.0 Å². The number of hydrogen-bond donors (Lipinski definition) is 2. The fourth-order valence-electron chi connectivity index (χ4n) is 1.23. The van der Waals surface area contributed by atoms with Crippen LogP contribution in [0.1, 0.15) is 18.4 Å². The minimum absolute atomic E-state index is 0.0961. The van der Waals surface area contributed by atoms with Gasteiger partial charge in [-0.25, -0.2) is 0 Å². The number of hydrogen-bond acceptors (Lipinski definition) is 2. The summed E-state index contributed by atoms with van der Waals surface area (Å²) in [4.78, 5) is 0. The van der Waals surface area contributed by atoms with Crippen LogP contribution < -0.4 is 10.5 Å². The molecule has 3 heteroatoms. The normalized spacial score (nSPS) is 15.1. The van der Waals surface area contributed by atoms with Gasteiger partial charge < -0.3 is 10.5 Å². The van der Waals surface area contributed by atoms with Crippen LogP contribution in [0.15, 0.2) is 24.3 Å². The van der Waals surface area contributed by atoms with Crippen LogP contribution in [-0.2, 0) is 0 Å². The molecule has 0 aromatic heterocycles. The Hall–Kier alpha value is -1.51. The standard InChI is InChI=1S/C11H14N2O/c12-11(13)9-3-5-10(6-4-9)14-7-8-1-2-8/h3-6,8H,1-2,7H2,(H3,12,13). The monoisotopic (exact) mass is 190 g/mol. The maximum Gasteiger partial charge on any atom is 0.122 e. The van der Waals surface area contributed by atoms with E-state index in [0.717, 1.165) is 23.8 Å². The van der Waals surface area contributed by atoms with Crippen molar-refractivity contribution in [1.29, 1.82) is 5.41 Å². The first-order valence-corrected chi connectivity index (χ1v) is 4.83. The summed E-state index contributed by atoms with van der Waals surface area (Å²) >= 11 is 0. The maximum atomic E-state index is 7.22. The summed E-state index contributed by atoms with van der Waals surface area (Å²) in [7, 11) is 0. The van der Waals surface area contributed by atoms with E-state index in [1.807, 2.05) is 24.3 Å². The van der Waals surface area contributed by atoms with Gasteiger partial charge in [0.1, 0.15) is 11.6 Å². The van der Waals surface area contributed by atoms with Gasteiger partial charge in [-0.3, -0.25) is 5.41 Å². The Labute approximate surface area is 83.4 Å². The summed E-state index contributed by atoms with van der Waals surface area (Å²) in [6.07, 6.45) is 2.59. The molecule has 74 valence electrons. The van der Waals surface area contributed by atoms with Crippen molar-refractivity contribution in [2.24, 2.45) is 11.7 Å². The van der Waals surface area contributed by atoms with E-state index in [2.05, 4.69) is 0 Å². The number of benzene rings is 1. The molecule has 3 N–H and O–H groups in total. The molecular formula is C11H14N2O. The van der Waals surface area contributed by atoms with Crippen LogP contribution in [0.5, 0.6) is 5.75 Å². The lowest BCUT2D eigenvalue weighted by atomic mass is 10.2. The highest BCUT2D eigenvalue weighted by Gasteiger charge is 2.21. The van der Waals surface area contributed by atoms with Crippen molar-refractivity contribution in [3.05, 3.63) is 29.8 Å². The summed E-state index contributed by atoms with van der Waals surface area (Å²) in [6.45, 7) is 0.819. The van der Waals surface area contributed by atoms with Crippen molar-refractivity contribution >= 4 is 5.84 Å². The molecule has 1 aliphatic rings. The van der Waals surface area contributed by atoms with Gasteiger partial charge in [0.2, 0.25) is 0 Å². The summed E-state index contributed by atoms with van der Waals surface area (Å²) in [5.41, 5.74) is 6.08. The van der Waals surface area contributed by atoms with E-state index in [4.69, 9.17) is 15.9 Å². The molecule has 2 rings (SSSR count). The van der Waals surface area contributed by atoms with Crippen LogP contribution in [0.4, 0.5) is 0 Å². The van der Waals surface area contributed by atoms with Crippen LogP contribution in [0.2, 0.25) is 0 Å². The highest BCUT2D eigenvalue weighted by Crippen LogP contribution is 2.29. The largest absolute Gasteiger partial charge is 0.493 e. The molecule has 1 saturated carbocycles. The Morgan fingerprint density at radius 2 is 2.00 bits per heavy atom. The average Bonchev–Trinajstić information content (AvgIpc) is 2.99. The van der Waals surface area contributed by atoms with Gasteiger partial charge in [-0.1, -0.05) is 0 Å². The lowest BCUT2D eigenvalue weighted by Gasteiger charge is -2.05. The molecule has 0 aliphatic heterocycles. The molecule has 0 amide bonds. The Balaban J connectivity index is 1.94. The topological polar surface area (TPSA) is 59.1 Å². The van der Waals surface area contributed by atoms with Gasteiger partial charge in [0.15, 0.2) is 0 Å². The average molecular weight is 190 g/mol. The molecule has 0 heterocycles. The third kappa shape index (κ3) is 2.25. The molecule has 0 unspecified atom stereocenters.